The van der Waals surface area contributed by atoms with Crippen LogP contribution in [0.4, 0.5) is 20.2 Å². The van der Waals surface area contributed by atoms with E-state index in [9.17, 15) is 28.5 Å². The first kappa shape index (κ1) is 21.8. The van der Waals surface area contributed by atoms with E-state index in [1.165, 1.54) is 13.2 Å². The summed E-state index contributed by atoms with van der Waals surface area (Å²) in [5, 5.41) is 13.1. The Labute approximate surface area is 167 Å². The van der Waals surface area contributed by atoms with Gasteiger partial charge >= 0.3 is 12.6 Å². The fourth-order valence-electron chi connectivity index (χ4n) is 2.11. The molecule has 1 amide bonds. The second-order valence-electron chi connectivity index (χ2n) is 5.29. The van der Waals surface area contributed by atoms with Crippen LogP contribution in [0.2, 0.25) is 5.02 Å². The number of hydrogen-bond donors (Lipinski definition) is 1. The molecule has 2 aromatic carbocycles. The number of alkyl halides is 2. The molecule has 0 aliphatic heterocycles. The molecule has 2 aromatic rings. The second kappa shape index (κ2) is 9.64. The lowest BCUT2D eigenvalue weighted by molar-refractivity contribution is -0.384. The van der Waals surface area contributed by atoms with E-state index in [2.05, 4.69) is 10.1 Å². The van der Waals surface area contributed by atoms with Crippen LogP contribution in [0.25, 0.3) is 0 Å². The number of nitrogens with one attached hydrogen (secondary N) is 1. The van der Waals surface area contributed by atoms with Crippen molar-refractivity contribution in [2.24, 2.45) is 0 Å². The van der Waals surface area contributed by atoms with Crippen molar-refractivity contribution in [2.45, 2.75) is 6.61 Å². The predicted molar refractivity (Wildman–Crippen MR) is 96.6 cm³/mol. The van der Waals surface area contributed by atoms with Gasteiger partial charge in [-0.3, -0.25) is 14.9 Å². The van der Waals surface area contributed by atoms with Crippen molar-refractivity contribution in [3.63, 3.8) is 0 Å². The number of nitro groups is 1. The highest BCUT2D eigenvalue weighted by Gasteiger charge is 2.17. The molecule has 154 valence electrons. The normalized spacial score (nSPS) is 10.4. The summed E-state index contributed by atoms with van der Waals surface area (Å²) in [7, 11) is 1.19. The maximum Gasteiger partial charge on any atom is 0.387 e. The lowest BCUT2D eigenvalue weighted by atomic mass is 10.2. The number of rotatable bonds is 8. The van der Waals surface area contributed by atoms with Gasteiger partial charge in [-0.15, -0.1) is 0 Å². The Balaban J connectivity index is 2.01. The molecule has 12 heteroatoms. The van der Waals surface area contributed by atoms with Crippen molar-refractivity contribution in [3.05, 3.63) is 57.1 Å². The number of halogens is 3. The van der Waals surface area contributed by atoms with Crippen LogP contribution in [0.15, 0.2) is 36.4 Å². The topological polar surface area (TPSA) is 117 Å². The van der Waals surface area contributed by atoms with E-state index in [1.807, 2.05) is 0 Å². The zero-order valence-electron chi connectivity index (χ0n) is 14.7. The van der Waals surface area contributed by atoms with Crippen LogP contribution < -0.4 is 14.8 Å². The van der Waals surface area contributed by atoms with Crippen molar-refractivity contribution in [1.29, 1.82) is 0 Å². The molecule has 0 aliphatic rings. The van der Waals surface area contributed by atoms with Gasteiger partial charge in [-0.05, 0) is 24.3 Å². The van der Waals surface area contributed by atoms with Gasteiger partial charge in [-0.25, -0.2) is 4.79 Å². The van der Waals surface area contributed by atoms with Crippen molar-refractivity contribution >= 4 is 34.9 Å². The minimum atomic E-state index is -3.08. The fraction of sp³-hybridized carbons (Fsp3) is 0.176. The molecule has 0 radical (unpaired) electrons. The van der Waals surface area contributed by atoms with Crippen molar-refractivity contribution in [1.82, 2.24) is 0 Å². The minimum absolute atomic E-state index is 0.0305. The van der Waals surface area contributed by atoms with Crippen LogP contribution >= 0.6 is 11.6 Å². The number of amides is 1. The first-order chi connectivity index (χ1) is 13.7. The maximum absolute atomic E-state index is 12.3. The third-order valence-corrected chi connectivity index (χ3v) is 3.71. The molecule has 0 atom stereocenters. The molecule has 2 rings (SSSR count). The van der Waals surface area contributed by atoms with E-state index < -0.39 is 30.0 Å². The molecule has 0 spiro atoms. The smallest absolute Gasteiger partial charge is 0.387 e. The van der Waals surface area contributed by atoms with Crippen molar-refractivity contribution < 1.29 is 37.5 Å². The van der Waals surface area contributed by atoms with Gasteiger partial charge in [0.1, 0.15) is 0 Å². The van der Waals surface area contributed by atoms with E-state index >= 15 is 0 Å². The Morgan fingerprint density at radius 2 is 1.93 bits per heavy atom. The molecule has 0 bridgehead atoms. The van der Waals surface area contributed by atoms with Gasteiger partial charge in [-0.2, -0.15) is 8.78 Å². The lowest BCUT2D eigenvalue weighted by Gasteiger charge is -2.11. The van der Waals surface area contributed by atoms with Gasteiger partial charge < -0.3 is 19.5 Å². The van der Waals surface area contributed by atoms with E-state index in [0.29, 0.717) is 0 Å². The monoisotopic (exact) mass is 430 g/mol. The summed E-state index contributed by atoms with van der Waals surface area (Å²) in [5.41, 5.74) is -0.401. The summed E-state index contributed by atoms with van der Waals surface area (Å²) in [6.07, 6.45) is 0. The fourth-order valence-corrected chi connectivity index (χ4v) is 2.28. The average Bonchev–Trinajstić information content (AvgIpc) is 2.67. The minimum Gasteiger partial charge on any atom is -0.493 e. The molecule has 9 nitrogen and oxygen atoms in total. The third-order valence-electron chi connectivity index (χ3n) is 3.38. The van der Waals surface area contributed by atoms with Crippen LogP contribution in [-0.4, -0.2) is 37.1 Å². The highest BCUT2D eigenvalue weighted by Crippen LogP contribution is 2.30. The molecule has 29 heavy (non-hydrogen) atoms. The summed E-state index contributed by atoms with van der Waals surface area (Å²) < 4.78 is 38.6. The third kappa shape index (κ3) is 6.01. The average molecular weight is 431 g/mol. The molecule has 0 saturated carbocycles. The SMILES string of the molecule is COc1cc(C(=O)OCC(=O)Nc2cc([N+](=O)[O-])ccc2Cl)ccc1OC(F)F. The highest BCUT2D eigenvalue weighted by molar-refractivity contribution is 6.33. The molecule has 0 saturated heterocycles. The molecule has 0 heterocycles. The number of non-ortho nitro benzene ring substituents is 1. The summed E-state index contributed by atoms with van der Waals surface area (Å²) in [5.74, 6) is -2.15. The van der Waals surface area contributed by atoms with Gasteiger partial charge in [0, 0.05) is 12.1 Å². The first-order valence-electron chi connectivity index (χ1n) is 7.75. The number of benzene rings is 2. The number of nitrogens with zero attached hydrogens (tertiary/aromatic N) is 1. The molecule has 0 aliphatic carbocycles. The van der Waals surface area contributed by atoms with Crippen molar-refractivity contribution in [2.75, 3.05) is 19.0 Å². The molecule has 1 N–H and O–H groups in total. The quantitative estimate of drug-likeness (QED) is 0.386. The number of ether oxygens (including phenoxy) is 3. The largest absolute Gasteiger partial charge is 0.493 e. The molecule has 0 fully saturated rings. The summed E-state index contributed by atoms with van der Waals surface area (Å²) >= 11 is 5.86. The Bertz CT molecular complexity index is 940. The molecule has 0 unspecified atom stereocenters. The van der Waals surface area contributed by atoms with Gasteiger partial charge in [0.05, 0.1) is 28.3 Å². The summed E-state index contributed by atoms with van der Waals surface area (Å²) in [6, 6.07) is 6.79. The van der Waals surface area contributed by atoms with Crippen LogP contribution in [0.1, 0.15) is 10.4 Å². The molecular weight excluding hydrogens is 418 g/mol. The maximum atomic E-state index is 12.3. The molecular formula is C17H13ClF2N2O7. The zero-order valence-corrected chi connectivity index (χ0v) is 15.4. The van der Waals surface area contributed by atoms with Crippen molar-refractivity contribution in [3.8, 4) is 11.5 Å². The van der Waals surface area contributed by atoms with Crippen LogP contribution in [0.3, 0.4) is 0 Å². The number of methoxy groups -OCH3 is 1. The number of hydrogen-bond acceptors (Lipinski definition) is 7. The number of nitro benzene ring substituents is 1. The molecule has 0 aromatic heterocycles. The van der Waals surface area contributed by atoms with Gasteiger partial charge in [-0.1, -0.05) is 11.6 Å². The zero-order chi connectivity index (χ0) is 21.6. The number of esters is 1. The second-order valence-corrected chi connectivity index (χ2v) is 5.70. The Morgan fingerprint density at radius 3 is 2.55 bits per heavy atom. The summed E-state index contributed by atoms with van der Waals surface area (Å²) in [6.45, 7) is -3.80. The van der Waals surface area contributed by atoms with Crippen LogP contribution in [-0.2, 0) is 9.53 Å². The van der Waals surface area contributed by atoms with Gasteiger partial charge in [0.15, 0.2) is 18.1 Å². The predicted octanol–water partition coefficient (Wildman–Crippen LogP) is 3.65. The highest BCUT2D eigenvalue weighted by atomic mass is 35.5. The van der Waals surface area contributed by atoms with E-state index in [-0.39, 0.29) is 33.5 Å². The standard InChI is InChI=1S/C17H13ClF2N2O7/c1-27-14-6-9(2-5-13(14)29-17(19)20)16(24)28-8-15(23)21-12-7-10(22(25)26)3-4-11(12)18/h2-7,17H,8H2,1H3,(H,21,23). The Kier molecular flexibility index (Phi) is 7.26. The van der Waals surface area contributed by atoms with Gasteiger partial charge in [0.2, 0.25) is 0 Å². The van der Waals surface area contributed by atoms with Crippen LogP contribution in [0, 0.1) is 10.1 Å². The first-order valence-corrected chi connectivity index (χ1v) is 8.13. The Hall–Kier alpha value is -3.47. The lowest BCUT2D eigenvalue weighted by Crippen LogP contribution is -2.21. The van der Waals surface area contributed by atoms with Crippen LogP contribution in [0.5, 0.6) is 11.5 Å². The number of anilines is 1. The van der Waals surface area contributed by atoms with E-state index in [4.69, 9.17) is 21.1 Å². The van der Waals surface area contributed by atoms with E-state index in [1.54, 1.807) is 0 Å². The number of carbonyl (C=O) groups excluding carboxylic acids is 2. The summed E-state index contributed by atoms with van der Waals surface area (Å²) in [4.78, 5) is 34.1. The van der Waals surface area contributed by atoms with E-state index in [0.717, 1.165) is 30.3 Å². The number of carbonyl (C=O) groups is 2. The Morgan fingerprint density at radius 1 is 1.21 bits per heavy atom. The van der Waals surface area contributed by atoms with Gasteiger partial charge in [0.25, 0.3) is 11.6 Å².